The summed E-state index contributed by atoms with van der Waals surface area (Å²) in [6.07, 6.45) is 36.4. The second-order valence-corrected chi connectivity index (χ2v) is 15.5. The quantitative estimate of drug-likeness (QED) is 0.0274. The minimum Gasteiger partial charge on any atom is -0.394 e. The van der Waals surface area contributed by atoms with Crippen LogP contribution >= 0.6 is 0 Å². The van der Waals surface area contributed by atoms with E-state index in [1.54, 1.807) is 6.08 Å². The zero-order valence-corrected chi connectivity index (χ0v) is 34.5. The highest BCUT2D eigenvalue weighted by Crippen LogP contribution is 2.22. The van der Waals surface area contributed by atoms with Crippen molar-refractivity contribution in [3.05, 3.63) is 36.5 Å². The van der Waals surface area contributed by atoms with E-state index in [2.05, 4.69) is 43.5 Å². The molecular weight excluding hydrogens is 682 g/mol. The summed E-state index contributed by atoms with van der Waals surface area (Å²) < 4.78 is 11.2. The van der Waals surface area contributed by atoms with Gasteiger partial charge in [-0.15, -0.1) is 0 Å². The number of amides is 1. The topological polar surface area (TPSA) is 149 Å². The molecule has 9 heteroatoms. The lowest BCUT2D eigenvalue weighted by atomic mass is 9.99. The number of unbranched alkanes of at least 4 members (excludes halogenated alkanes) is 22. The van der Waals surface area contributed by atoms with Crippen molar-refractivity contribution in [3.8, 4) is 0 Å². The van der Waals surface area contributed by atoms with Crippen LogP contribution in [-0.2, 0) is 14.3 Å². The molecule has 0 aromatic carbocycles. The number of hydrogen-bond acceptors (Lipinski definition) is 8. The summed E-state index contributed by atoms with van der Waals surface area (Å²) in [5.74, 6) is -0.192. The summed E-state index contributed by atoms with van der Waals surface area (Å²) in [6, 6.07) is -0.822. The van der Waals surface area contributed by atoms with E-state index in [-0.39, 0.29) is 12.5 Å². The molecule has 316 valence electrons. The van der Waals surface area contributed by atoms with E-state index in [1.807, 2.05) is 6.08 Å². The molecule has 54 heavy (non-hydrogen) atoms. The monoisotopic (exact) mass is 766 g/mol. The first kappa shape index (κ1) is 50.4. The summed E-state index contributed by atoms with van der Waals surface area (Å²) in [6.45, 7) is 3.62. The fourth-order valence-electron chi connectivity index (χ4n) is 6.90. The highest BCUT2D eigenvalue weighted by Gasteiger charge is 2.44. The Hall–Kier alpha value is -1.59. The van der Waals surface area contributed by atoms with Crippen LogP contribution in [0.15, 0.2) is 36.5 Å². The van der Waals surface area contributed by atoms with E-state index in [0.29, 0.717) is 6.42 Å². The number of ether oxygens (including phenoxy) is 2. The molecule has 0 aromatic heterocycles. The van der Waals surface area contributed by atoms with Crippen molar-refractivity contribution >= 4 is 5.91 Å². The predicted octanol–water partition coefficient (Wildman–Crippen LogP) is 8.89. The van der Waals surface area contributed by atoms with Gasteiger partial charge >= 0.3 is 0 Å². The van der Waals surface area contributed by atoms with Crippen LogP contribution in [0.3, 0.4) is 0 Å². The number of aliphatic hydroxyl groups is 5. The third-order valence-electron chi connectivity index (χ3n) is 10.5. The zero-order valence-electron chi connectivity index (χ0n) is 34.5. The number of carbonyl (C=O) groups excluding carboxylic acids is 1. The molecule has 1 aliphatic heterocycles. The molecule has 1 amide bonds. The number of nitrogens with one attached hydrogen (secondary N) is 1. The normalized spacial score (nSPS) is 21.8. The van der Waals surface area contributed by atoms with Crippen molar-refractivity contribution in [2.24, 2.45) is 0 Å². The Morgan fingerprint density at radius 3 is 1.54 bits per heavy atom. The molecule has 6 N–H and O–H groups in total. The SMILES string of the molecule is CC/C=C/CC/C=C/CC/C=C/C(O)C(COC1OC(CO)C(O)C(O)C1O)NC(=O)CCCCCCCCCCCCCCCCCCCCCCC. The Labute approximate surface area is 330 Å². The fraction of sp³-hybridized carbons (Fsp3) is 0.844. The number of rotatable bonds is 36. The van der Waals surface area contributed by atoms with Crippen LogP contribution < -0.4 is 5.32 Å². The Morgan fingerprint density at radius 2 is 1.07 bits per heavy atom. The third kappa shape index (κ3) is 26.3. The van der Waals surface area contributed by atoms with Crippen molar-refractivity contribution in [2.75, 3.05) is 13.2 Å². The maximum Gasteiger partial charge on any atom is 0.220 e. The molecule has 0 bridgehead atoms. The van der Waals surface area contributed by atoms with E-state index in [1.165, 1.54) is 116 Å². The fourth-order valence-corrected chi connectivity index (χ4v) is 6.90. The van der Waals surface area contributed by atoms with Gasteiger partial charge in [-0.2, -0.15) is 0 Å². The van der Waals surface area contributed by atoms with Crippen LogP contribution in [0.2, 0.25) is 0 Å². The molecule has 7 atom stereocenters. The van der Waals surface area contributed by atoms with Crippen LogP contribution in [-0.4, -0.2) is 87.5 Å². The Morgan fingerprint density at radius 1 is 0.630 bits per heavy atom. The molecule has 0 saturated carbocycles. The molecule has 0 aromatic rings. The van der Waals surface area contributed by atoms with Gasteiger partial charge < -0.3 is 40.3 Å². The van der Waals surface area contributed by atoms with Crippen LogP contribution in [0, 0.1) is 0 Å². The minimum atomic E-state index is -1.57. The standard InChI is InChI=1S/C45H83NO8/c1-3-5-7-9-11-13-15-16-17-18-19-20-21-22-23-24-25-27-29-31-33-35-41(49)46-38(37-53-45-44(52)43(51)42(50)40(36-47)54-45)39(48)34-32-30-28-26-14-12-10-8-6-4-2/h6,8,14,26,32,34,38-40,42-45,47-48,50-52H,3-5,7,9-13,15-25,27-31,33,35-37H2,1-2H3,(H,46,49)/b8-6+,26-14+,34-32+. The number of aliphatic hydroxyl groups excluding tert-OH is 5. The average Bonchev–Trinajstić information content (AvgIpc) is 3.17. The van der Waals surface area contributed by atoms with Crippen LogP contribution in [0.5, 0.6) is 0 Å². The Kier molecular flexibility index (Phi) is 33.4. The van der Waals surface area contributed by atoms with Crippen molar-refractivity contribution in [1.82, 2.24) is 5.32 Å². The van der Waals surface area contributed by atoms with E-state index in [4.69, 9.17) is 9.47 Å². The maximum atomic E-state index is 12.9. The lowest BCUT2D eigenvalue weighted by Crippen LogP contribution is -2.60. The Balaban J connectivity index is 2.29. The summed E-state index contributed by atoms with van der Waals surface area (Å²) in [7, 11) is 0. The highest BCUT2D eigenvalue weighted by molar-refractivity contribution is 5.76. The molecule has 1 fully saturated rings. The molecule has 1 heterocycles. The summed E-state index contributed by atoms with van der Waals surface area (Å²) >= 11 is 0. The van der Waals surface area contributed by atoms with Gasteiger partial charge in [-0.05, 0) is 38.5 Å². The van der Waals surface area contributed by atoms with Gasteiger partial charge in [0.05, 0.1) is 25.4 Å². The van der Waals surface area contributed by atoms with Crippen molar-refractivity contribution in [3.63, 3.8) is 0 Å². The van der Waals surface area contributed by atoms with Crippen molar-refractivity contribution < 1.29 is 39.8 Å². The molecule has 1 aliphatic rings. The molecule has 7 unspecified atom stereocenters. The predicted molar refractivity (Wildman–Crippen MR) is 221 cm³/mol. The van der Waals surface area contributed by atoms with E-state index >= 15 is 0 Å². The summed E-state index contributed by atoms with van der Waals surface area (Å²) in [4.78, 5) is 12.9. The molecular formula is C45H83NO8. The van der Waals surface area contributed by atoms with E-state index < -0.39 is 49.5 Å². The van der Waals surface area contributed by atoms with E-state index in [0.717, 1.165) is 51.4 Å². The molecule has 0 radical (unpaired) electrons. The second-order valence-electron chi connectivity index (χ2n) is 15.5. The van der Waals surface area contributed by atoms with Crippen LogP contribution in [0.25, 0.3) is 0 Å². The van der Waals surface area contributed by atoms with E-state index in [9.17, 15) is 30.3 Å². The summed E-state index contributed by atoms with van der Waals surface area (Å²) in [5.41, 5.74) is 0. The third-order valence-corrected chi connectivity index (χ3v) is 10.5. The molecule has 1 saturated heterocycles. The zero-order chi connectivity index (χ0) is 39.5. The number of hydrogen-bond donors (Lipinski definition) is 6. The van der Waals surface area contributed by atoms with Gasteiger partial charge in [0, 0.05) is 6.42 Å². The lowest BCUT2D eigenvalue weighted by Gasteiger charge is -2.40. The first-order valence-corrected chi connectivity index (χ1v) is 22.2. The van der Waals surface area contributed by atoms with Crippen molar-refractivity contribution in [1.29, 1.82) is 0 Å². The van der Waals surface area contributed by atoms with Gasteiger partial charge in [-0.1, -0.05) is 179 Å². The minimum absolute atomic E-state index is 0.192. The van der Waals surface area contributed by atoms with Gasteiger partial charge in [-0.25, -0.2) is 0 Å². The van der Waals surface area contributed by atoms with Crippen LogP contribution in [0.1, 0.15) is 187 Å². The lowest BCUT2D eigenvalue weighted by molar-refractivity contribution is -0.302. The van der Waals surface area contributed by atoms with Gasteiger partial charge in [0.25, 0.3) is 0 Å². The first-order valence-electron chi connectivity index (χ1n) is 22.2. The van der Waals surface area contributed by atoms with Gasteiger partial charge in [0.2, 0.25) is 5.91 Å². The molecule has 9 nitrogen and oxygen atoms in total. The van der Waals surface area contributed by atoms with Gasteiger partial charge in [0.1, 0.15) is 24.4 Å². The van der Waals surface area contributed by atoms with Gasteiger partial charge in [0.15, 0.2) is 6.29 Å². The number of carbonyl (C=O) groups is 1. The van der Waals surface area contributed by atoms with Gasteiger partial charge in [-0.3, -0.25) is 4.79 Å². The first-order chi connectivity index (χ1) is 26.3. The average molecular weight is 766 g/mol. The maximum absolute atomic E-state index is 12.9. The van der Waals surface area contributed by atoms with Crippen molar-refractivity contribution in [2.45, 2.75) is 230 Å². The smallest absolute Gasteiger partial charge is 0.220 e. The Bertz CT molecular complexity index is 941. The number of allylic oxidation sites excluding steroid dienone is 5. The largest absolute Gasteiger partial charge is 0.394 e. The second kappa shape index (κ2) is 35.8. The van der Waals surface area contributed by atoms with Crippen LogP contribution in [0.4, 0.5) is 0 Å². The molecule has 0 aliphatic carbocycles. The molecule has 1 rings (SSSR count). The molecule has 0 spiro atoms. The highest BCUT2D eigenvalue weighted by atomic mass is 16.7. The summed E-state index contributed by atoms with van der Waals surface area (Å²) in [5, 5.41) is 53.9.